The van der Waals surface area contributed by atoms with Gasteiger partial charge in [0, 0.05) is 24.0 Å². The average molecular weight is 439 g/mol. The van der Waals surface area contributed by atoms with E-state index in [1.54, 1.807) is 31.5 Å². The number of carbonyl (C=O) groups excluding carboxylic acids is 1. The zero-order valence-corrected chi connectivity index (χ0v) is 18.9. The molecule has 31 heavy (non-hydrogen) atoms. The first-order valence-corrected chi connectivity index (χ1v) is 10.7. The van der Waals surface area contributed by atoms with Gasteiger partial charge < -0.3 is 20.2 Å². The van der Waals surface area contributed by atoms with Crippen molar-refractivity contribution < 1.29 is 14.3 Å². The van der Waals surface area contributed by atoms with E-state index in [4.69, 9.17) is 14.9 Å². The second kappa shape index (κ2) is 10.1. The Morgan fingerprint density at radius 2 is 2.10 bits per heavy atom. The fourth-order valence-electron chi connectivity index (χ4n) is 2.91. The Hall–Kier alpha value is -3.39. The van der Waals surface area contributed by atoms with Crippen molar-refractivity contribution in [3.05, 3.63) is 70.0 Å². The standard InChI is InChI=1S/C23H26N4O3S/c1-5-25-12-16-11-17(7-9-19(16)24)27-23(28)30-13-21-15(3)26-22(31-21)18-8-6-14(2)10-20(18)29-4/h6-12,24-25H,5,13H2,1-4H3,(H,27,28)/b16-12-,24-19?. The highest BCUT2D eigenvalue weighted by atomic mass is 32.1. The van der Waals surface area contributed by atoms with E-state index >= 15 is 0 Å². The Balaban J connectivity index is 1.65. The van der Waals surface area contributed by atoms with Crippen molar-refractivity contribution in [2.24, 2.45) is 0 Å². The van der Waals surface area contributed by atoms with Crippen LogP contribution in [0.25, 0.3) is 10.6 Å². The maximum Gasteiger partial charge on any atom is 0.411 e. The molecule has 0 radical (unpaired) electrons. The van der Waals surface area contributed by atoms with Crippen molar-refractivity contribution in [3.8, 4) is 16.3 Å². The van der Waals surface area contributed by atoms with Crippen LogP contribution in [0.4, 0.5) is 4.79 Å². The van der Waals surface area contributed by atoms with Crippen LogP contribution in [0.2, 0.25) is 0 Å². The number of aromatic nitrogens is 1. The molecule has 3 N–H and O–H groups in total. The van der Waals surface area contributed by atoms with Crippen LogP contribution in [0.3, 0.4) is 0 Å². The Morgan fingerprint density at radius 1 is 1.29 bits per heavy atom. The molecule has 0 fully saturated rings. The van der Waals surface area contributed by atoms with Gasteiger partial charge in [0.1, 0.15) is 17.4 Å². The van der Waals surface area contributed by atoms with Gasteiger partial charge in [0.25, 0.3) is 0 Å². The lowest BCUT2D eigenvalue weighted by molar-refractivity contribution is 0.143. The molecule has 1 aromatic heterocycles. The third kappa shape index (κ3) is 5.61. The van der Waals surface area contributed by atoms with Crippen LogP contribution in [0, 0.1) is 19.3 Å². The molecule has 1 aromatic carbocycles. The minimum atomic E-state index is -0.561. The largest absolute Gasteiger partial charge is 0.496 e. The Kier molecular flexibility index (Phi) is 7.25. The summed E-state index contributed by atoms with van der Waals surface area (Å²) in [5.41, 5.74) is 4.47. The van der Waals surface area contributed by atoms with Crippen LogP contribution in [0.15, 0.2) is 53.9 Å². The van der Waals surface area contributed by atoms with Crippen molar-refractivity contribution in [1.29, 1.82) is 5.41 Å². The molecule has 2 aromatic rings. The summed E-state index contributed by atoms with van der Waals surface area (Å²) in [5, 5.41) is 14.5. The highest BCUT2D eigenvalue weighted by Gasteiger charge is 2.16. The van der Waals surface area contributed by atoms with Crippen molar-refractivity contribution in [3.63, 3.8) is 0 Å². The zero-order valence-electron chi connectivity index (χ0n) is 18.0. The molecule has 1 aliphatic rings. The molecule has 0 bridgehead atoms. The number of benzene rings is 1. The maximum atomic E-state index is 12.3. The summed E-state index contributed by atoms with van der Waals surface area (Å²) in [6.45, 7) is 6.75. The van der Waals surface area contributed by atoms with E-state index in [1.165, 1.54) is 11.3 Å². The number of alkyl carbamates (subject to hydrolysis) is 1. The van der Waals surface area contributed by atoms with Crippen LogP contribution in [-0.2, 0) is 11.3 Å². The number of allylic oxidation sites excluding steroid dienone is 4. The molecule has 1 aliphatic carbocycles. The lowest BCUT2D eigenvalue weighted by Crippen LogP contribution is -2.24. The van der Waals surface area contributed by atoms with Crippen molar-refractivity contribution >= 4 is 23.1 Å². The normalized spacial score (nSPS) is 14.4. The number of amides is 1. The van der Waals surface area contributed by atoms with Gasteiger partial charge >= 0.3 is 6.09 Å². The molecular weight excluding hydrogens is 412 g/mol. The second-order valence-corrected chi connectivity index (χ2v) is 8.02. The molecule has 0 saturated heterocycles. The monoisotopic (exact) mass is 438 g/mol. The number of methoxy groups -OCH3 is 1. The summed E-state index contributed by atoms with van der Waals surface area (Å²) in [6, 6.07) is 5.98. The summed E-state index contributed by atoms with van der Waals surface area (Å²) in [6.07, 6.45) is 6.22. The molecule has 0 spiro atoms. The van der Waals surface area contributed by atoms with Crippen LogP contribution in [-0.4, -0.2) is 30.4 Å². The number of carbonyl (C=O) groups is 1. The first kappa shape index (κ1) is 22.3. The quantitative estimate of drug-likeness (QED) is 0.586. The van der Waals surface area contributed by atoms with Crippen LogP contribution < -0.4 is 15.4 Å². The van der Waals surface area contributed by atoms with Gasteiger partial charge in [0.2, 0.25) is 0 Å². The average Bonchev–Trinajstić information content (AvgIpc) is 3.12. The van der Waals surface area contributed by atoms with Crippen molar-refractivity contribution in [2.45, 2.75) is 27.4 Å². The highest BCUT2D eigenvalue weighted by Crippen LogP contribution is 2.35. The Bertz CT molecular complexity index is 1080. The molecular formula is C23H26N4O3S. The molecule has 8 heteroatoms. The van der Waals surface area contributed by atoms with Gasteiger partial charge in [0.15, 0.2) is 0 Å². The van der Waals surface area contributed by atoms with Gasteiger partial charge in [-0.05, 0) is 56.7 Å². The zero-order chi connectivity index (χ0) is 22.4. The van der Waals surface area contributed by atoms with E-state index in [0.29, 0.717) is 17.0 Å². The number of aryl methyl sites for hydroxylation is 2. The predicted octanol–water partition coefficient (Wildman–Crippen LogP) is 4.63. The van der Waals surface area contributed by atoms with Crippen LogP contribution in [0.5, 0.6) is 5.75 Å². The number of thiazole rings is 1. The van der Waals surface area contributed by atoms with Gasteiger partial charge in [0.05, 0.1) is 29.0 Å². The topological polar surface area (TPSA) is 96.3 Å². The molecule has 1 amide bonds. The molecule has 162 valence electrons. The van der Waals surface area contributed by atoms with Crippen molar-refractivity contribution in [1.82, 2.24) is 15.6 Å². The molecule has 0 saturated carbocycles. The molecule has 3 rings (SSSR count). The lowest BCUT2D eigenvalue weighted by Gasteiger charge is -2.12. The first-order valence-electron chi connectivity index (χ1n) is 9.88. The van der Waals surface area contributed by atoms with E-state index in [0.717, 1.165) is 39.0 Å². The maximum absolute atomic E-state index is 12.3. The first-order chi connectivity index (χ1) is 14.9. The van der Waals surface area contributed by atoms with E-state index in [1.807, 2.05) is 39.0 Å². The van der Waals surface area contributed by atoms with E-state index in [-0.39, 0.29) is 6.61 Å². The molecule has 7 nitrogen and oxygen atoms in total. The second-order valence-electron chi connectivity index (χ2n) is 6.94. The SMILES string of the molecule is CCN/C=C1/C=C(NC(=O)OCc2sc(-c3ccc(C)cc3OC)nc2C)C=CC1=N. The van der Waals surface area contributed by atoms with Gasteiger partial charge in [-0.2, -0.15) is 0 Å². The summed E-state index contributed by atoms with van der Waals surface area (Å²) < 4.78 is 10.9. The van der Waals surface area contributed by atoms with Gasteiger partial charge in [-0.1, -0.05) is 6.07 Å². The van der Waals surface area contributed by atoms with Gasteiger partial charge in [-0.15, -0.1) is 11.3 Å². The number of hydrogen-bond acceptors (Lipinski definition) is 7. The fraction of sp³-hybridized carbons (Fsp3) is 0.261. The third-order valence-corrected chi connectivity index (χ3v) is 5.74. The predicted molar refractivity (Wildman–Crippen MR) is 124 cm³/mol. The van der Waals surface area contributed by atoms with E-state index in [2.05, 4.69) is 15.6 Å². The minimum absolute atomic E-state index is 0.121. The van der Waals surface area contributed by atoms with E-state index < -0.39 is 6.09 Å². The fourth-order valence-corrected chi connectivity index (χ4v) is 3.91. The number of nitrogens with one attached hydrogen (secondary N) is 3. The smallest absolute Gasteiger partial charge is 0.411 e. The van der Waals surface area contributed by atoms with Crippen LogP contribution >= 0.6 is 11.3 Å². The molecule has 0 unspecified atom stereocenters. The number of hydrogen-bond donors (Lipinski definition) is 3. The highest BCUT2D eigenvalue weighted by molar-refractivity contribution is 7.15. The summed E-state index contributed by atoms with van der Waals surface area (Å²) >= 11 is 1.48. The Morgan fingerprint density at radius 3 is 2.84 bits per heavy atom. The molecule has 0 aliphatic heterocycles. The number of ether oxygens (including phenoxy) is 2. The van der Waals surface area contributed by atoms with Gasteiger partial charge in [-0.3, -0.25) is 5.32 Å². The molecule has 0 atom stereocenters. The summed E-state index contributed by atoms with van der Waals surface area (Å²) in [7, 11) is 1.64. The Labute approximate surface area is 186 Å². The van der Waals surface area contributed by atoms with Crippen LogP contribution in [0.1, 0.15) is 23.1 Å². The summed E-state index contributed by atoms with van der Waals surface area (Å²) in [5.74, 6) is 0.766. The number of rotatable bonds is 7. The number of nitrogens with zero attached hydrogens (tertiary/aromatic N) is 1. The molecule has 1 heterocycles. The minimum Gasteiger partial charge on any atom is -0.496 e. The van der Waals surface area contributed by atoms with Crippen molar-refractivity contribution in [2.75, 3.05) is 13.7 Å². The third-order valence-electron chi connectivity index (χ3n) is 4.57. The lowest BCUT2D eigenvalue weighted by atomic mass is 10.0. The van der Waals surface area contributed by atoms with Gasteiger partial charge in [-0.25, -0.2) is 9.78 Å². The summed E-state index contributed by atoms with van der Waals surface area (Å²) in [4.78, 5) is 17.8. The van der Waals surface area contributed by atoms with E-state index in [9.17, 15) is 4.79 Å².